The molecule has 1 fully saturated rings. The van der Waals surface area contributed by atoms with E-state index >= 15 is 0 Å². The maximum Gasteiger partial charge on any atom is 0.338 e. The zero-order valence-corrected chi connectivity index (χ0v) is 16.0. The SMILES string of the molecule is CC1=C(C(=O)OC(C)C)C(c2cccc([N+](=O)[O-])c2)N2C(=O)CCSC2=N1. The highest BCUT2D eigenvalue weighted by Gasteiger charge is 2.42. The van der Waals surface area contributed by atoms with Gasteiger partial charge in [-0.05, 0) is 26.3 Å². The van der Waals surface area contributed by atoms with Gasteiger partial charge in [0.1, 0.15) is 0 Å². The van der Waals surface area contributed by atoms with Crippen LogP contribution in [-0.4, -0.2) is 38.7 Å². The number of nitro groups is 1. The summed E-state index contributed by atoms with van der Waals surface area (Å²) in [4.78, 5) is 42.0. The van der Waals surface area contributed by atoms with Crippen LogP contribution in [0.2, 0.25) is 0 Å². The van der Waals surface area contributed by atoms with E-state index in [1.165, 1.54) is 28.8 Å². The summed E-state index contributed by atoms with van der Waals surface area (Å²) in [7, 11) is 0. The number of hydrogen-bond acceptors (Lipinski definition) is 7. The van der Waals surface area contributed by atoms with Gasteiger partial charge in [0.05, 0.1) is 28.3 Å². The number of allylic oxidation sites excluding steroid dienone is 1. The maximum atomic E-state index is 12.8. The predicted molar refractivity (Wildman–Crippen MR) is 101 cm³/mol. The summed E-state index contributed by atoms with van der Waals surface area (Å²) in [6.45, 7) is 5.15. The van der Waals surface area contributed by atoms with Crippen LogP contribution in [0, 0.1) is 10.1 Å². The number of carbonyl (C=O) groups is 2. The highest BCUT2D eigenvalue weighted by atomic mass is 32.2. The molecular weight excluding hydrogens is 370 g/mol. The second-order valence-electron chi connectivity index (χ2n) is 6.46. The third-order valence-electron chi connectivity index (χ3n) is 4.17. The Balaban J connectivity index is 2.16. The number of aliphatic imine (C=N–C) groups is 1. The molecule has 9 heteroatoms. The van der Waals surface area contributed by atoms with Crippen LogP contribution in [0.5, 0.6) is 0 Å². The molecule has 142 valence electrons. The summed E-state index contributed by atoms with van der Waals surface area (Å²) in [6.07, 6.45) is -0.0407. The van der Waals surface area contributed by atoms with Gasteiger partial charge in [0, 0.05) is 24.3 Å². The molecule has 3 rings (SSSR count). The number of thioether (sulfide) groups is 1. The minimum absolute atomic E-state index is 0.108. The topological polar surface area (TPSA) is 102 Å². The van der Waals surface area contributed by atoms with Crippen molar-refractivity contribution in [3.05, 3.63) is 51.2 Å². The lowest BCUT2D eigenvalue weighted by Crippen LogP contribution is -2.46. The normalized spacial score (nSPS) is 19.7. The van der Waals surface area contributed by atoms with Crippen LogP contribution in [0.25, 0.3) is 0 Å². The average Bonchev–Trinajstić information content (AvgIpc) is 2.60. The van der Waals surface area contributed by atoms with E-state index in [0.717, 1.165) is 0 Å². The van der Waals surface area contributed by atoms with Crippen molar-refractivity contribution in [3.8, 4) is 0 Å². The molecule has 0 saturated carbocycles. The van der Waals surface area contributed by atoms with Gasteiger partial charge in [-0.1, -0.05) is 23.9 Å². The van der Waals surface area contributed by atoms with Crippen molar-refractivity contribution in [3.63, 3.8) is 0 Å². The summed E-state index contributed by atoms with van der Waals surface area (Å²) >= 11 is 1.43. The number of benzene rings is 1. The molecule has 1 aromatic rings. The fourth-order valence-corrected chi connectivity index (χ4v) is 4.07. The number of esters is 1. The number of nitrogens with zero attached hydrogens (tertiary/aromatic N) is 3. The number of ether oxygens (including phenoxy) is 1. The van der Waals surface area contributed by atoms with Gasteiger partial charge in [-0.25, -0.2) is 9.79 Å². The Bertz CT molecular complexity index is 878. The molecular formula is C18H19N3O5S. The quantitative estimate of drug-likeness (QED) is 0.445. The molecule has 1 atom stereocenters. The smallest absolute Gasteiger partial charge is 0.338 e. The molecule has 8 nitrogen and oxygen atoms in total. The van der Waals surface area contributed by atoms with Crippen LogP contribution in [0.3, 0.4) is 0 Å². The van der Waals surface area contributed by atoms with Crippen molar-refractivity contribution in [1.82, 2.24) is 4.90 Å². The summed E-state index contributed by atoms with van der Waals surface area (Å²) in [5.41, 5.74) is 1.04. The molecule has 2 aliphatic heterocycles. The minimum atomic E-state index is -0.802. The fourth-order valence-electron chi connectivity index (χ4n) is 3.06. The van der Waals surface area contributed by atoms with E-state index in [1.54, 1.807) is 32.9 Å². The first-order valence-corrected chi connectivity index (χ1v) is 9.47. The van der Waals surface area contributed by atoms with Gasteiger partial charge in [0.25, 0.3) is 5.69 Å². The summed E-state index contributed by atoms with van der Waals surface area (Å²) in [5.74, 6) is -0.147. The zero-order valence-electron chi connectivity index (χ0n) is 15.2. The van der Waals surface area contributed by atoms with Crippen LogP contribution >= 0.6 is 11.8 Å². The van der Waals surface area contributed by atoms with E-state index in [9.17, 15) is 19.7 Å². The van der Waals surface area contributed by atoms with Crippen molar-refractivity contribution < 1.29 is 19.2 Å². The zero-order chi connectivity index (χ0) is 19.7. The van der Waals surface area contributed by atoms with E-state index < -0.39 is 16.9 Å². The Labute approximate surface area is 160 Å². The van der Waals surface area contributed by atoms with E-state index in [2.05, 4.69) is 4.99 Å². The Hall–Kier alpha value is -2.68. The number of hydrogen-bond donors (Lipinski definition) is 0. The number of carbonyl (C=O) groups excluding carboxylic acids is 2. The number of amidine groups is 1. The van der Waals surface area contributed by atoms with Crippen molar-refractivity contribution in [2.75, 3.05) is 5.75 Å². The van der Waals surface area contributed by atoms with E-state index in [0.29, 0.717) is 28.6 Å². The summed E-state index contributed by atoms with van der Waals surface area (Å²) in [5, 5.41) is 11.7. The second kappa shape index (κ2) is 7.51. The number of amides is 1. The molecule has 0 spiro atoms. The van der Waals surface area contributed by atoms with Crippen LogP contribution < -0.4 is 0 Å². The lowest BCUT2D eigenvalue weighted by Gasteiger charge is -2.38. The van der Waals surface area contributed by atoms with Gasteiger partial charge in [-0.15, -0.1) is 0 Å². The molecule has 0 aromatic heterocycles. The third kappa shape index (κ3) is 3.73. The van der Waals surface area contributed by atoms with Gasteiger partial charge in [0.15, 0.2) is 5.17 Å². The first-order chi connectivity index (χ1) is 12.8. The number of non-ortho nitro benzene ring substituents is 1. The highest BCUT2D eigenvalue weighted by molar-refractivity contribution is 8.14. The van der Waals surface area contributed by atoms with E-state index in [-0.39, 0.29) is 23.3 Å². The molecule has 0 N–H and O–H groups in total. The van der Waals surface area contributed by atoms with Crippen LogP contribution in [0.1, 0.15) is 38.8 Å². The monoisotopic (exact) mass is 389 g/mol. The van der Waals surface area contributed by atoms with E-state index in [4.69, 9.17) is 4.74 Å². The van der Waals surface area contributed by atoms with Gasteiger partial charge in [-0.2, -0.15) is 0 Å². The van der Waals surface area contributed by atoms with Crippen LogP contribution in [-0.2, 0) is 14.3 Å². The van der Waals surface area contributed by atoms with Gasteiger partial charge < -0.3 is 4.74 Å². The standard InChI is InChI=1S/C18H19N3O5S/c1-10(2)26-17(23)15-11(3)19-18-20(14(22)7-8-27-18)16(15)12-5-4-6-13(9-12)21(24)25/h4-6,9-10,16H,7-8H2,1-3H3. The average molecular weight is 389 g/mol. The van der Waals surface area contributed by atoms with Crippen molar-refractivity contribution in [1.29, 1.82) is 0 Å². The summed E-state index contributed by atoms with van der Waals surface area (Å²) < 4.78 is 5.36. The van der Waals surface area contributed by atoms with E-state index in [1.807, 2.05) is 0 Å². The molecule has 0 radical (unpaired) electrons. The van der Waals surface area contributed by atoms with Gasteiger partial charge >= 0.3 is 5.97 Å². The Morgan fingerprint density at radius 1 is 1.44 bits per heavy atom. The molecule has 0 aliphatic carbocycles. The largest absolute Gasteiger partial charge is 0.459 e. The van der Waals surface area contributed by atoms with Crippen LogP contribution in [0.4, 0.5) is 5.69 Å². The minimum Gasteiger partial charge on any atom is -0.459 e. The van der Waals surface area contributed by atoms with Crippen molar-refractivity contribution in [2.45, 2.75) is 39.3 Å². The molecule has 2 aliphatic rings. The Kier molecular flexibility index (Phi) is 5.31. The lowest BCUT2D eigenvalue weighted by molar-refractivity contribution is -0.384. The number of nitro benzene ring substituents is 1. The Morgan fingerprint density at radius 3 is 2.85 bits per heavy atom. The molecule has 27 heavy (non-hydrogen) atoms. The maximum absolute atomic E-state index is 12.8. The lowest BCUT2D eigenvalue weighted by atomic mass is 9.94. The first-order valence-electron chi connectivity index (χ1n) is 8.49. The first kappa shape index (κ1) is 19.1. The van der Waals surface area contributed by atoms with Crippen LogP contribution in [0.15, 0.2) is 40.5 Å². The van der Waals surface area contributed by atoms with Gasteiger partial charge in [-0.3, -0.25) is 19.8 Å². The molecule has 1 amide bonds. The molecule has 1 saturated heterocycles. The Morgan fingerprint density at radius 2 is 2.19 bits per heavy atom. The highest BCUT2D eigenvalue weighted by Crippen LogP contribution is 2.41. The molecule has 1 unspecified atom stereocenters. The fraction of sp³-hybridized carbons (Fsp3) is 0.389. The van der Waals surface area contributed by atoms with Gasteiger partial charge in [0.2, 0.25) is 5.91 Å². The molecule has 0 bridgehead atoms. The molecule has 2 heterocycles. The van der Waals surface area contributed by atoms with Crippen molar-refractivity contribution in [2.24, 2.45) is 4.99 Å². The van der Waals surface area contributed by atoms with Crippen molar-refractivity contribution >= 4 is 34.5 Å². The predicted octanol–water partition coefficient (Wildman–Crippen LogP) is 3.20. The number of fused-ring (bicyclic) bond motifs is 1. The summed E-state index contributed by atoms with van der Waals surface area (Å²) in [6, 6.07) is 5.17. The third-order valence-corrected chi connectivity index (χ3v) is 5.12. The molecule has 1 aromatic carbocycles. The number of rotatable bonds is 4. The second-order valence-corrected chi connectivity index (χ2v) is 7.53.